The number of hydrogen-bond acceptors (Lipinski definition) is 3. The first kappa shape index (κ1) is 13.0. The summed E-state index contributed by atoms with van der Waals surface area (Å²) < 4.78 is 0. The van der Waals surface area contributed by atoms with Gasteiger partial charge in [-0.05, 0) is 49.4 Å². The van der Waals surface area contributed by atoms with Crippen LogP contribution in [0, 0.1) is 5.92 Å². The molecule has 1 atom stereocenters. The third-order valence-electron chi connectivity index (χ3n) is 3.53. The largest absolute Gasteiger partial charge is 0.481 e. The van der Waals surface area contributed by atoms with Crippen molar-refractivity contribution in [1.29, 1.82) is 0 Å². The van der Waals surface area contributed by atoms with Crippen LogP contribution in [0.2, 0.25) is 0 Å². The zero-order valence-electron chi connectivity index (χ0n) is 10.6. The van der Waals surface area contributed by atoms with Crippen LogP contribution in [0.5, 0.6) is 0 Å². The van der Waals surface area contributed by atoms with Gasteiger partial charge < -0.3 is 5.11 Å². The third kappa shape index (κ3) is 4.11. The van der Waals surface area contributed by atoms with Crippen LogP contribution in [0.3, 0.4) is 0 Å². The molecule has 2 rings (SSSR count). The molecule has 1 fully saturated rings. The van der Waals surface area contributed by atoms with Crippen molar-refractivity contribution in [2.24, 2.45) is 5.92 Å². The minimum absolute atomic E-state index is 0.299. The SMILES string of the molecule is O=C(O)CCC1CCCN(Cc2ccncc2)C1. The fourth-order valence-corrected chi connectivity index (χ4v) is 2.60. The number of aliphatic carboxylic acids is 1. The number of carbonyl (C=O) groups is 1. The molecule has 1 aliphatic rings. The Morgan fingerprint density at radius 1 is 1.44 bits per heavy atom. The second-order valence-electron chi connectivity index (χ2n) is 5.03. The van der Waals surface area contributed by atoms with Crippen LogP contribution in [0.4, 0.5) is 0 Å². The number of hydrogen-bond donors (Lipinski definition) is 1. The van der Waals surface area contributed by atoms with E-state index in [4.69, 9.17) is 5.11 Å². The van der Waals surface area contributed by atoms with E-state index in [2.05, 4.69) is 9.88 Å². The van der Waals surface area contributed by atoms with E-state index in [0.717, 1.165) is 26.1 Å². The van der Waals surface area contributed by atoms with Crippen molar-refractivity contribution >= 4 is 5.97 Å². The molecule has 4 heteroatoms. The van der Waals surface area contributed by atoms with Gasteiger partial charge >= 0.3 is 5.97 Å². The summed E-state index contributed by atoms with van der Waals surface area (Å²) in [7, 11) is 0. The van der Waals surface area contributed by atoms with Gasteiger partial charge in [0.25, 0.3) is 0 Å². The van der Waals surface area contributed by atoms with Crippen LogP contribution >= 0.6 is 0 Å². The molecule has 4 nitrogen and oxygen atoms in total. The maximum absolute atomic E-state index is 10.6. The van der Waals surface area contributed by atoms with Gasteiger partial charge in [-0.15, -0.1) is 0 Å². The first-order valence-electron chi connectivity index (χ1n) is 6.57. The zero-order chi connectivity index (χ0) is 12.8. The van der Waals surface area contributed by atoms with Crippen LogP contribution < -0.4 is 0 Å². The van der Waals surface area contributed by atoms with Gasteiger partial charge in [0.05, 0.1) is 0 Å². The van der Waals surface area contributed by atoms with Gasteiger partial charge in [-0.2, -0.15) is 0 Å². The number of piperidine rings is 1. The Kier molecular flexibility index (Phi) is 4.70. The summed E-state index contributed by atoms with van der Waals surface area (Å²) in [6.07, 6.45) is 7.09. The highest BCUT2D eigenvalue weighted by Gasteiger charge is 2.20. The molecule has 0 spiro atoms. The molecule has 98 valence electrons. The Bertz CT molecular complexity index is 381. The topological polar surface area (TPSA) is 53.4 Å². The number of pyridine rings is 1. The van der Waals surface area contributed by atoms with Crippen molar-refractivity contribution in [3.05, 3.63) is 30.1 Å². The number of likely N-dealkylation sites (tertiary alicyclic amines) is 1. The van der Waals surface area contributed by atoms with E-state index in [1.54, 1.807) is 0 Å². The minimum atomic E-state index is -0.679. The quantitative estimate of drug-likeness (QED) is 0.867. The van der Waals surface area contributed by atoms with Crippen molar-refractivity contribution in [2.75, 3.05) is 13.1 Å². The lowest BCUT2D eigenvalue weighted by molar-refractivity contribution is -0.137. The molecule has 0 amide bonds. The van der Waals surface area contributed by atoms with E-state index in [9.17, 15) is 4.79 Å². The zero-order valence-corrected chi connectivity index (χ0v) is 10.6. The van der Waals surface area contributed by atoms with Gasteiger partial charge in [0.1, 0.15) is 0 Å². The molecule has 0 bridgehead atoms. The average Bonchev–Trinajstić information content (AvgIpc) is 2.38. The minimum Gasteiger partial charge on any atom is -0.481 e. The van der Waals surface area contributed by atoms with Gasteiger partial charge in [-0.1, -0.05) is 0 Å². The standard InChI is InChI=1S/C14H20N2O2/c17-14(18)4-3-12-2-1-9-16(10-12)11-13-5-7-15-8-6-13/h5-8,12H,1-4,9-11H2,(H,17,18). The molecular weight excluding hydrogens is 228 g/mol. The maximum atomic E-state index is 10.6. The summed E-state index contributed by atoms with van der Waals surface area (Å²) in [5, 5.41) is 8.72. The van der Waals surface area contributed by atoms with Crippen LogP contribution in [0.25, 0.3) is 0 Å². The van der Waals surface area contributed by atoms with Gasteiger partial charge in [-0.3, -0.25) is 14.7 Å². The van der Waals surface area contributed by atoms with E-state index < -0.39 is 5.97 Å². The van der Waals surface area contributed by atoms with E-state index in [0.29, 0.717) is 12.3 Å². The second kappa shape index (κ2) is 6.50. The van der Waals surface area contributed by atoms with Crippen molar-refractivity contribution < 1.29 is 9.90 Å². The van der Waals surface area contributed by atoms with Gasteiger partial charge in [0.15, 0.2) is 0 Å². The Balaban J connectivity index is 1.81. The fourth-order valence-electron chi connectivity index (χ4n) is 2.60. The highest BCUT2D eigenvalue weighted by molar-refractivity contribution is 5.66. The van der Waals surface area contributed by atoms with E-state index >= 15 is 0 Å². The van der Waals surface area contributed by atoms with E-state index in [-0.39, 0.29) is 0 Å². The molecular formula is C14H20N2O2. The number of rotatable bonds is 5. The Hall–Kier alpha value is -1.42. The number of carboxylic acids is 1. The predicted molar refractivity (Wildman–Crippen MR) is 69.1 cm³/mol. The molecule has 18 heavy (non-hydrogen) atoms. The maximum Gasteiger partial charge on any atom is 0.303 e. The Labute approximate surface area is 108 Å². The normalized spacial score (nSPS) is 20.8. The van der Waals surface area contributed by atoms with E-state index in [1.807, 2.05) is 24.5 Å². The second-order valence-corrected chi connectivity index (χ2v) is 5.03. The molecule has 0 aliphatic carbocycles. The van der Waals surface area contributed by atoms with Gasteiger partial charge in [0, 0.05) is 31.9 Å². The lowest BCUT2D eigenvalue weighted by Crippen LogP contribution is -2.35. The summed E-state index contributed by atoms with van der Waals surface area (Å²) in [5.41, 5.74) is 1.28. The highest BCUT2D eigenvalue weighted by atomic mass is 16.4. The highest BCUT2D eigenvalue weighted by Crippen LogP contribution is 2.22. The van der Waals surface area contributed by atoms with Gasteiger partial charge in [-0.25, -0.2) is 0 Å². The number of carboxylic acid groups (broad SMARTS) is 1. The lowest BCUT2D eigenvalue weighted by atomic mass is 9.93. The van der Waals surface area contributed by atoms with Crippen molar-refractivity contribution in [3.8, 4) is 0 Å². The molecule has 0 saturated carbocycles. The molecule has 1 aromatic heterocycles. The van der Waals surface area contributed by atoms with E-state index in [1.165, 1.54) is 18.4 Å². The molecule has 2 heterocycles. The van der Waals surface area contributed by atoms with Crippen molar-refractivity contribution in [2.45, 2.75) is 32.2 Å². The van der Waals surface area contributed by atoms with Crippen molar-refractivity contribution in [3.63, 3.8) is 0 Å². The molecule has 1 aromatic rings. The molecule has 1 N–H and O–H groups in total. The summed E-state index contributed by atoms with van der Waals surface area (Å²) in [6, 6.07) is 4.09. The summed E-state index contributed by atoms with van der Waals surface area (Å²) in [4.78, 5) is 17.0. The van der Waals surface area contributed by atoms with Crippen LogP contribution in [-0.4, -0.2) is 34.0 Å². The van der Waals surface area contributed by atoms with Gasteiger partial charge in [0.2, 0.25) is 0 Å². The summed E-state index contributed by atoms with van der Waals surface area (Å²) in [6.45, 7) is 3.09. The Morgan fingerprint density at radius 3 is 2.94 bits per heavy atom. The fraction of sp³-hybridized carbons (Fsp3) is 0.571. The molecule has 0 radical (unpaired) electrons. The van der Waals surface area contributed by atoms with Crippen LogP contribution in [0.1, 0.15) is 31.2 Å². The average molecular weight is 248 g/mol. The predicted octanol–water partition coefficient (Wildman–Crippen LogP) is 2.16. The smallest absolute Gasteiger partial charge is 0.303 e. The first-order valence-corrected chi connectivity index (χ1v) is 6.57. The molecule has 0 aromatic carbocycles. The number of nitrogens with zero attached hydrogens (tertiary/aromatic N) is 2. The summed E-state index contributed by atoms with van der Waals surface area (Å²) in [5.74, 6) is -0.141. The molecule has 1 unspecified atom stereocenters. The van der Waals surface area contributed by atoms with Crippen LogP contribution in [0.15, 0.2) is 24.5 Å². The van der Waals surface area contributed by atoms with Crippen LogP contribution in [-0.2, 0) is 11.3 Å². The first-order chi connectivity index (χ1) is 8.74. The lowest BCUT2D eigenvalue weighted by Gasteiger charge is -2.32. The van der Waals surface area contributed by atoms with Crippen molar-refractivity contribution in [1.82, 2.24) is 9.88 Å². The third-order valence-corrected chi connectivity index (χ3v) is 3.53. The molecule has 1 saturated heterocycles. The monoisotopic (exact) mass is 248 g/mol. The molecule has 1 aliphatic heterocycles. The summed E-state index contributed by atoms with van der Waals surface area (Å²) >= 11 is 0. The number of aromatic nitrogens is 1. The Morgan fingerprint density at radius 2 is 2.22 bits per heavy atom.